The molecule has 0 saturated heterocycles. The number of halogens is 3. The lowest BCUT2D eigenvalue weighted by atomic mass is 9.99. The Balaban J connectivity index is 1.11. The van der Waals surface area contributed by atoms with E-state index in [1.54, 1.807) is 73.1 Å². The van der Waals surface area contributed by atoms with Crippen molar-refractivity contribution < 1.29 is 13.2 Å². The van der Waals surface area contributed by atoms with Gasteiger partial charge in [0.15, 0.2) is 0 Å². The summed E-state index contributed by atoms with van der Waals surface area (Å²) >= 11 is 0. The Morgan fingerprint density at radius 1 is 0.338 bits per heavy atom. The number of nitrogens with zero attached hydrogens (tertiary/aromatic N) is 7. The molecular formula is C64H34F3N7. The fourth-order valence-electron chi connectivity index (χ4n) is 10.1. The largest absolute Gasteiger partial charge is 0.416 e. The molecule has 0 aliphatic carbocycles. The van der Waals surface area contributed by atoms with Crippen LogP contribution < -0.4 is 0 Å². The quantitative estimate of drug-likeness (QED) is 0.158. The highest BCUT2D eigenvalue weighted by Crippen LogP contribution is 2.45. The molecule has 0 aliphatic rings. The lowest BCUT2D eigenvalue weighted by Crippen LogP contribution is -2.08. The summed E-state index contributed by atoms with van der Waals surface area (Å²) < 4.78 is 49.4. The van der Waals surface area contributed by atoms with Crippen molar-refractivity contribution in [1.82, 2.24) is 14.1 Å². The molecule has 0 bridgehead atoms. The van der Waals surface area contributed by atoms with Crippen molar-refractivity contribution in [3.63, 3.8) is 0 Å². The van der Waals surface area contributed by atoms with Crippen molar-refractivity contribution in [2.45, 2.75) is 6.18 Å². The van der Waals surface area contributed by atoms with Crippen LogP contribution in [0.1, 0.15) is 27.8 Å². The molecule has 346 valence electrons. The molecule has 3 aromatic heterocycles. The van der Waals surface area contributed by atoms with Gasteiger partial charge in [0.1, 0.15) is 0 Å². The Labute approximate surface area is 422 Å². The van der Waals surface area contributed by atoms with Crippen molar-refractivity contribution >= 4 is 43.6 Å². The first-order valence-corrected chi connectivity index (χ1v) is 23.5. The average molecular weight is 958 g/mol. The molecule has 0 radical (unpaired) electrons. The first-order valence-electron chi connectivity index (χ1n) is 23.5. The molecule has 0 fully saturated rings. The zero-order valence-electron chi connectivity index (χ0n) is 38.9. The molecule has 74 heavy (non-hydrogen) atoms. The normalized spacial score (nSPS) is 11.4. The number of nitriles is 4. The number of hydrogen-bond donors (Lipinski definition) is 0. The predicted octanol–water partition coefficient (Wildman–Crippen LogP) is 16.1. The van der Waals surface area contributed by atoms with Gasteiger partial charge in [0.05, 0.1) is 91.7 Å². The van der Waals surface area contributed by atoms with Crippen LogP contribution in [0.5, 0.6) is 0 Å². The lowest BCUT2D eigenvalue weighted by molar-refractivity contribution is -0.137. The van der Waals surface area contributed by atoms with E-state index < -0.39 is 11.7 Å². The van der Waals surface area contributed by atoms with Crippen LogP contribution in [0, 0.1) is 45.3 Å². The van der Waals surface area contributed by atoms with Gasteiger partial charge in [0.25, 0.3) is 0 Å². The molecule has 0 N–H and O–H groups in total. The fraction of sp³-hybridized carbons (Fsp3) is 0.0156. The topological polar surface area (TPSA) is 118 Å². The van der Waals surface area contributed by atoms with E-state index >= 15 is 13.2 Å². The minimum atomic E-state index is -4.68. The molecule has 7 nitrogen and oxygen atoms in total. The second-order valence-corrected chi connectivity index (χ2v) is 18.0. The smallest absolute Gasteiger partial charge is 0.309 e. The van der Waals surface area contributed by atoms with Gasteiger partial charge in [0.2, 0.25) is 0 Å². The molecule has 3 heterocycles. The first-order chi connectivity index (χ1) is 36.1. The average Bonchev–Trinajstić information content (AvgIpc) is 3.97. The van der Waals surface area contributed by atoms with Crippen molar-refractivity contribution in [3.05, 3.63) is 234 Å². The summed E-state index contributed by atoms with van der Waals surface area (Å²) in [5, 5.41) is 41.6. The number of fused-ring (bicyclic) bond motifs is 6. The highest BCUT2D eigenvalue weighted by Gasteiger charge is 2.32. The van der Waals surface area contributed by atoms with E-state index in [0.29, 0.717) is 44.8 Å². The lowest BCUT2D eigenvalue weighted by Gasteiger charge is -2.20. The van der Waals surface area contributed by atoms with E-state index in [-0.39, 0.29) is 0 Å². The summed E-state index contributed by atoms with van der Waals surface area (Å²) in [5.41, 5.74) is 13.5. The van der Waals surface area contributed by atoms with Crippen LogP contribution in [0.3, 0.4) is 0 Å². The maximum atomic E-state index is 15.1. The van der Waals surface area contributed by atoms with Crippen LogP contribution >= 0.6 is 0 Å². The molecule has 0 spiro atoms. The zero-order chi connectivity index (χ0) is 50.7. The van der Waals surface area contributed by atoms with Crippen molar-refractivity contribution in [2.75, 3.05) is 0 Å². The van der Waals surface area contributed by atoms with Crippen LogP contribution in [-0.2, 0) is 6.18 Å². The summed E-state index contributed by atoms with van der Waals surface area (Å²) in [6.45, 7) is 0. The number of pyridine rings is 1. The van der Waals surface area contributed by atoms with Gasteiger partial charge in [-0.15, -0.1) is 0 Å². The van der Waals surface area contributed by atoms with Gasteiger partial charge in [-0.2, -0.15) is 34.2 Å². The second-order valence-electron chi connectivity index (χ2n) is 18.0. The van der Waals surface area contributed by atoms with E-state index in [0.717, 1.165) is 94.2 Å². The molecule has 9 aromatic carbocycles. The Bertz CT molecular complexity index is 4190. The number of rotatable bonds is 7. The van der Waals surface area contributed by atoms with E-state index in [4.69, 9.17) is 0 Å². The number of benzene rings is 9. The highest BCUT2D eigenvalue weighted by atomic mass is 19.4. The molecule has 0 unspecified atom stereocenters. The van der Waals surface area contributed by atoms with Gasteiger partial charge in [-0.05, 0) is 166 Å². The summed E-state index contributed by atoms with van der Waals surface area (Å²) in [4.78, 5) is 4.63. The van der Waals surface area contributed by atoms with Crippen LogP contribution in [0.2, 0.25) is 0 Å². The third-order valence-electron chi connectivity index (χ3n) is 13.8. The minimum absolute atomic E-state index is 0.321. The van der Waals surface area contributed by atoms with Crippen LogP contribution in [0.15, 0.2) is 207 Å². The van der Waals surface area contributed by atoms with E-state index in [2.05, 4.69) is 58.1 Å². The zero-order valence-corrected chi connectivity index (χ0v) is 38.9. The molecule has 12 rings (SSSR count). The van der Waals surface area contributed by atoms with Crippen molar-refractivity contribution in [2.24, 2.45) is 0 Å². The molecule has 10 heteroatoms. The monoisotopic (exact) mass is 957 g/mol. The molecule has 0 atom stereocenters. The SMILES string of the molecule is N#Cc1ccc(-c2ccc3c(c2)c2cc(-c4ccc(C#N)cc4)ccc2n3-c2ccc(C(F)(F)F)cc2-c2ccncc2-n2c3ccc(-c4ccc(C#N)cc4)cc3c3cc(-c4ccc(C#N)cc4)ccc32)cc1. The Kier molecular flexibility index (Phi) is 10.7. The van der Waals surface area contributed by atoms with Crippen molar-refractivity contribution in [1.29, 1.82) is 21.0 Å². The van der Waals surface area contributed by atoms with Gasteiger partial charge in [-0.25, -0.2) is 0 Å². The van der Waals surface area contributed by atoms with Gasteiger partial charge < -0.3 is 9.13 Å². The standard InChI is InChI=1S/C64H34F3N7/c65-64(66,67)51-21-26-62(73-58-22-17-47(43-9-1-39(34-68)2-10-43)29-53(58)54-30-48(18-23-59(54)73)44-11-3-40(35-69)4-12-44)57(33-51)52-27-28-72-38-63(52)74-60-24-19-49(45-13-5-41(36-70)6-14-45)31-55(60)56-32-50(20-25-61(56)74)46-15-7-42(37-71)8-16-46/h1-33,38H. The Morgan fingerprint density at radius 3 is 0.986 bits per heavy atom. The highest BCUT2D eigenvalue weighted by molar-refractivity contribution is 6.14. The summed E-state index contributed by atoms with van der Waals surface area (Å²) in [6, 6.07) is 68.2. The number of aromatic nitrogens is 3. The molecule has 0 saturated carbocycles. The van der Waals surface area contributed by atoms with E-state index in [1.807, 2.05) is 102 Å². The first kappa shape index (κ1) is 44.7. The predicted molar refractivity (Wildman–Crippen MR) is 284 cm³/mol. The fourth-order valence-corrected chi connectivity index (χ4v) is 10.1. The van der Waals surface area contributed by atoms with Crippen LogP contribution in [0.4, 0.5) is 13.2 Å². The molecule has 0 amide bonds. The summed E-state index contributed by atoms with van der Waals surface area (Å²) in [5.74, 6) is 0. The molecule has 12 aromatic rings. The van der Waals surface area contributed by atoms with E-state index in [9.17, 15) is 21.0 Å². The Morgan fingerprint density at radius 2 is 0.662 bits per heavy atom. The Hall–Kier alpha value is -10.5. The maximum Gasteiger partial charge on any atom is 0.416 e. The van der Waals surface area contributed by atoms with Crippen LogP contribution in [-0.4, -0.2) is 14.1 Å². The van der Waals surface area contributed by atoms with Gasteiger partial charge >= 0.3 is 6.18 Å². The molecular weight excluding hydrogens is 924 g/mol. The minimum Gasteiger partial charge on any atom is -0.309 e. The number of alkyl halides is 3. The van der Waals surface area contributed by atoms with Crippen molar-refractivity contribution in [3.8, 4) is 91.3 Å². The third-order valence-corrected chi connectivity index (χ3v) is 13.8. The van der Waals surface area contributed by atoms with Gasteiger partial charge in [-0.3, -0.25) is 4.98 Å². The van der Waals surface area contributed by atoms with E-state index in [1.165, 1.54) is 6.07 Å². The summed E-state index contributed by atoms with van der Waals surface area (Å²) in [7, 11) is 0. The maximum absolute atomic E-state index is 15.1. The second kappa shape index (κ2) is 17.7. The van der Waals surface area contributed by atoms with Crippen LogP contribution in [0.25, 0.3) is 111 Å². The van der Waals surface area contributed by atoms with Gasteiger partial charge in [0, 0.05) is 38.9 Å². The molecule has 0 aliphatic heterocycles. The van der Waals surface area contributed by atoms with Gasteiger partial charge in [-0.1, -0.05) is 72.8 Å². The summed E-state index contributed by atoms with van der Waals surface area (Å²) in [6.07, 6.45) is -1.38. The third kappa shape index (κ3) is 7.65. The number of hydrogen-bond acceptors (Lipinski definition) is 5.